The van der Waals surface area contributed by atoms with E-state index in [2.05, 4.69) is 72.8 Å². The molecule has 0 amide bonds. The Balaban J connectivity index is 1.75. The second kappa shape index (κ2) is 6.21. The van der Waals surface area contributed by atoms with Gasteiger partial charge < -0.3 is 0 Å². The molecule has 1 fully saturated rings. The van der Waals surface area contributed by atoms with Crippen LogP contribution in [0.3, 0.4) is 0 Å². The van der Waals surface area contributed by atoms with Gasteiger partial charge in [-0.05, 0) is 36.5 Å². The molecule has 0 heterocycles. The molecule has 0 unspecified atom stereocenters. The van der Waals surface area contributed by atoms with Crippen LogP contribution in [0.5, 0.6) is 0 Å². The summed E-state index contributed by atoms with van der Waals surface area (Å²) in [5.74, 6) is 0.788. The Morgan fingerprint density at radius 2 is 1.17 bits per heavy atom. The third-order valence-electron chi connectivity index (χ3n) is 4.28. The predicted octanol–water partition coefficient (Wildman–Crippen LogP) is 5.73. The van der Waals surface area contributed by atoms with Gasteiger partial charge in [0.05, 0.1) is 11.4 Å². The summed E-state index contributed by atoms with van der Waals surface area (Å²) < 4.78 is 0. The van der Waals surface area contributed by atoms with Gasteiger partial charge >= 0.3 is 0 Å². The van der Waals surface area contributed by atoms with E-state index in [0.717, 1.165) is 28.4 Å². The Kier molecular flexibility index (Phi) is 3.77. The molecule has 1 aliphatic rings. The summed E-state index contributed by atoms with van der Waals surface area (Å²) in [4.78, 5) is 4.94. The first-order valence-electron chi connectivity index (χ1n) is 8.20. The zero-order chi connectivity index (χ0) is 15.5. The second-order valence-corrected chi connectivity index (χ2v) is 6.06. The van der Waals surface area contributed by atoms with Crippen LogP contribution in [0.1, 0.15) is 35.4 Å². The highest BCUT2D eigenvalue weighted by molar-refractivity contribution is 6.13. The van der Waals surface area contributed by atoms with Crippen molar-refractivity contribution in [1.29, 1.82) is 0 Å². The molecule has 0 aliphatic heterocycles. The Labute approximate surface area is 137 Å². The van der Waals surface area contributed by atoms with Crippen LogP contribution in [0, 0.1) is 0 Å². The number of nitrogens with zero attached hydrogens (tertiary/aromatic N) is 1. The summed E-state index contributed by atoms with van der Waals surface area (Å²) in [6.45, 7) is 0. The first-order chi connectivity index (χ1) is 11.4. The highest BCUT2D eigenvalue weighted by Crippen LogP contribution is 2.40. The number of rotatable bonds is 4. The topological polar surface area (TPSA) is 12.4 Å². The highest BCUT2D eigenvalue weighted by Gasteiger charge is 2.22. The molecule has 4 rings (SSSR count). The predicted molar refractivity (Wildman–Crippen MR) is 96.6 cm³/mol. The van der Waals surface area contributed by atoms with Gasteiger partial charge in [-0.15, -0.1) is 0 Å². The minimum atomic E-state index is 0.788. The third-order valence-corrected chi connectivity index (χ3v) is 4.28. The first kappa shape index (κ1) is 14.0. The molecular weight excluding hydrogens is 278 g/mol. The van der Waals surface area contributed by atoms with Gasteiger partial charge in [0.15, 0.2) is 0 Å². The maximum absolute atomic E-state index is 4.94. The van der Waals surface area contributed by atoms with E-state index in [4.69, 9.17) is 4.99 Å². The second-order valence-electron chi connectivity index (χ2n) is 6.06. The molecule has 3 aromatic carbocycles. The summed E-state index contributed by atoms with van der Waals surface area (Å²) in [5.41, 5.74) is 5.77. The first-order valence-corrected chi connectivity index (χ1v) is 8.20. The largest absolute Gasteiger partial charge is 0.248 e. The van der Waals surface area contributed by atoms with Gasteiger partial charge in [0.1, 0.15) is 0 Å². The zero-order valence-electron chi connectivity index (χ0n) is 13.0. The van der Waals surface area contributed by atoms with Crippen LogP contribution >= 0.6 is 0 Å². The lowest BCUT2D eigenvalue weighted by Crippen LogP contribution is -2.02. The van der Waals surface area contributed by atoms with Gasteiger partial charge in [0.2, 0.25) is 0 Å². The number of hydrogen-bond donors (Lipinski definition) is 0. The highest BCUT2D eigenvalue weighted by atomic mass is 14.7. The molecule has 0 aromatic heterocycles. The summed E-state index contributed by atoms with van der Waals surface area (Å²) in [5, 5.41) is 0. The Bertz CT molecular complexity index is 756. The molecule has 0 N–H and O–H groups in total. The summed E-state index contributed by atoms with van der Waals surface area (Å²) in [7, 11) is 0. The van der Waals surface area contributed by atoms with E-state index in [9.17, 15) is 0 Å². The number of benzene rings is 3. The zero-order valence-corrected chi connectivity index (χ0v) is 13.0. The van der Waals surface area contributed by atoms with Gasteiger partial charge in [0, 0.05) is 11.1 Å². The number of hydrogen-bond acceptors (Lipinski definition) is 1. The van der Waals surface area contributed by atoms with Crippen molar-refractivity contribution in [2.24, 2.45) is 4.99 Å². The van der Waals surface area contributed by atoms with Crippen LogP contribution in [-0.2, 0) is 0 Å². The van der Waals surface area contributed by atoms with Crippen molar-refractivity contribution in [3.05, 3.63) is 102 Å². The molecule has 1 aliphatic carbocycles. The molecule has 0 spiro atoms. The molecular formula is C22H19N. The smallest absolute Gasteiger partial charge is 0.0781 e. The molecule has 1 nitrogen and oxygen atoms in total. The average molecular weight is 297 g/mol. The van der Waals surface area contributed by atoms with Crippen molar-refractivity contribution in [1.82, 2.24) is 0 Å². The molecule has 0 atom stereocenters. The Hall–Kier alpha value is -2.67. The summed E-state index contributed by atoms with van der Waals surface area (Å²) >= 11 is 0. The van der Waals surface area contributed by atoms with E-state index >= 15 is 0 Å². The molecule has 23 heavy (non-hydrogen) atoms. The van der Waals surface area contributed by atoms with Crippen LogP contribution in [-0.4, -0.2) is 5.71 Å². The minimum absolute atomic E-state index is 0.788. The molecule has 112 valence electrons. The fourth-order valence-corrected chi connectivity index (χ4v) is 2.85. The normalized spacial score (nSPS) is 13.6. The van der Waals surface area contributed by atoms with Crippen molar-refractivity contribution >= 4 is 11.4 Å². The van der Waals surface area contributed by atoms with Gasteiger partial charge in [-0.2, -0.15) is 0 Å². The van der Waals surface area contributed by atoms with Crippen molar-refractivity contribution in [3.8, 4) is 0 Å². The van der Waals surface area contributed by atoms with Crippen LogP contribution in [0.2, 0.25) is 0 Å². The van der Waals surface area contributed by atoms with Gasteiger partial charge in [-0.3, -0.25) is 0 Å². The van der Waals surface area contributed by atoms with Gasteiger partial charge in [-0.25, -0.2) is 4.99 Å². The maximum Gasteiger partial charge on any atom is 0.0781 e. The molecule has 3 aromatic rings. The van der Waals surface area contributed by atoms with E-state index in [-0.39, 0.29) is 0 Å². The van der Waals surface area contributed by atoms with E-state index in [1.165, 1.54) is 18.4 Å². The lowest BCUT2D eigenvalue weighted by molar-refractivity contribution is 1.13. The van der Waals surface area contributed by atoms with Crippen LogP contribution in [0.4, 0.5) is 5.69 Å². The van der Waals surface area contributed by atoms with Gasteiger partial charge in [0.25, 0.3) is 0 Å². The fourth-order valence-electron chi connectivity index (χ4n) is 2.85. The van der Waals surface area contributed by atoms with E-state index in [0.29, 0.717) is 0 Å². The fraction of sp³-hybridized carbons (Fsp3) is 0.136. The van der Waals surface area contributed by atoms with Crippen molar-refractivity contribution in [2.45, 2.75) is 18.8 Å². The minimum Gasteiger partial charge on any atom is -0.248 e. The Morgan fingerprint density at radius 1 is 0.652 bits per heavy atom. The maximum atomic E-state index is 4.94. The van der Waals surface area contributed by atoms with Crippen LogP contribution in [0.15, 0.2) is 89.9 Å². The Morgan fingerprint density at radius 3 is 1.65 bits per heavy atom. The van der Waals surface area contributed by atoms with Gasteiger partial charge in [-0.1, -0.05) is 72.8 Å². The monoisotopic (exact) mass is 297 g/mol. The molecule has 1 heteroatoms. The van der Waals surface area contributed by atoms with Crippen molar-refractivity contribution < 1.29 is 0 Å². The SMILES string of the molecule is c1ccc(C(=Nc2ccc(C3CC3)cc2)c2ccccc2)cc1. The quantitative estimate of drug-likeness (QED) is 0.545. The molecule has 0 bridgehead atoms. The molecule has 0 saturated heterocycles. The average Bonchev–Trinajstić information content (AvgIpc) is 3.47. The summed E-state index contributed by atoms with van der Waals surface area (Å²) in [6, 6.07) is 29.5. The van der Waals surface area contributed by atoms with E-state index < -0.39 is 0 Å². The third kappa shape index (κ3) is 3.24. The van der Waals surface area contributed by atoms with Crippen molar-refractivity contribution in [3.63, 3.8) is 0 Å². The molecule has 1 saturated carbocycles. The summed E-state index contributed by atoms with van der Waals surface area (Å²) in [6.07, 6.45) is 2.67. The van der Waals surface area contributed by atoms with Crippen LogP contribution in [0.25, 0.3) is 0 Å². The lowest BCUT2D eigenvalue weighted by atomic mass is 10.0. The van der Waals surface area contributed by atoms with E-state index in [1.807, 2.05) is 12.1 Å². The van der Waals surface area contributed by atoms with Crippen molar-refractivity contribution in [2.75, 3.05) is 0 Å². The lowest BCUT2D eigenvalue weighted by Gasteiger charge is -2.08. The van der Waals surface area contributed by atoms with E-state index in [1.54, 1.807) is 0 Å². The van der Waals surface area contributed by atoms with Crippen LogP contribution < -0.4 is 0 Å². The molecule has 0 radical (unpaired) electrons. The standard InChI is InChI=1S/C22H19N/c1-3-7-19(8-4-1)22(20-9-5-2-6-10-20)23-21-15-13-18(14-16-21)17-11-12-17/h1-10,13-17H,11-12H2. The number of aliphatic imine (C=N–C) groups is 1.